The Labute approximate surface area is 89.6 Å². The number of carbonyl (C=O) groups is 1. The predicted molar refractivity (Wildman–Crippen MR) is 59.2 cm³/mol. The fourth-order valence-corrected chi connectivity index (χ4v) is 1.27. The van der Waals surface area contributed by atoms with Crippen LogP contribution in [0, 0.1) is 5.82 Å². The molecule has 0 amide bonds. The van der Waals surface area contributed by atoms with Crippen molar-refractivity contribution in [2.45, 2.75) is 26.2 Å². The van der Waals surface area contributed by atoms with Crippen LogP contribution < -0.4 is 0 Å². The molecule has 2 heteroatoms. The highest BCUT2D eigenvalue weighted by molar-refractivity contribution is 5.76. The van der Waals surface area contributed by atoms with Gasteiger partial charge in [0.1, 0.15) is 11.6 Å². The molecule has 80 valence electrons. The fourth-order valence-electron chi connectivity index (χ4n) is 1.27. The molecular formula is C13H15FO. The lowest BCUT2D eigenvalue weighted by atomic mass is 10.1. The lowest BCUT2D eigenvalue weighted by Gasteiger charge is -1.97. The zero-order valence-electron chi connectivity index (χ0n) is 8.87. The SMILES string of the molecule is CC(=O)C/C=C/CCc1ccc(F)cc1. The molecule has 0 unspecified atom stereocenters. The third kappa shape index (κ3) is 5.11. The maximum Gasteiger partial charge on any atom is 0.133 e. The summed E-state index contributed by atoms with van der Waals surface area (Å²) < 4.78 is 12.6. The molecule has 0 aliphatic heterocycles. The normalized spacial score (nSPS) is 10.8. The minimum atomic E-state index is -0.203. The third-order valence-electron chi connectivity index (χ3n) is 2.08. The maximum atomic E-state index is 12.6. The van der Waals surface area contributed by atoms with Gasteiger partial charge in [-0.3, -0.25) is 4.79 Å². The first-order chi connectivity index (χ1) is 7.18. The molecule has 1 rings (SSSR count). The molecule has 0 radical (unpaired) electrons. The van der Waals surface area contributed by atoms with Crippen LogP contribution in [0.15, 0.2) is 36.4 Å². The summed E-state index contributed by atoms with van der Waals surface area (Å²) in [5, 5.41) is 0. The molecule has 15 heavy (non-hydrogen) atoms. The molecule has 0 aliphatic rings. The smallest absolute Gasteiger partial charge is 0.133 e. The van der Waals surface area contributed by atoms with Crippen LogP contribution >= 0.6 is 0 Å². The molecule has 0 aromatic heterocycles. The van der Waals surface area contributed by atoms with Crippen LogP contribution in [-0.4, -0.2) is 5.78 Å². The van der Waals surface area contributed by atoms with Gasteiger partial charge in [-0.15, -0.1) is 0 Å². The third-order valence-corrected chi connectivity index (χ3v) is 2.08. The van der Waals surface area contributed by atoms with Crippen LogP contribution in [0.3, 0.4) is 0 Å². The van der Waals surface area contributed by atoms with Crippen LogP contribution in [0.2, 0.25) is 0 Å². The number of benzene rings is 1. The Morgan fingerprint density at radius 2 is 1.93 bits per heavy atom. The van der Waals surface area contributed by atoms with Gasteiger partial charge in [0.25, 0.3) is 0 Å². The Morgan fingerprint density at radius 1 is 1.27 bits per heavy atom. The lowest BCUT2D eigenvalue weighted by Crippen LogP contribution is -1.86. The van der Waals surface area contributed by atoms with E-state index >= 15 is 0 Å². The minimum Gasteiger partial charge on any atom is -0.300 e. The van der Waals surface area contributed by atoms with E-state index in [1.165, 1.54) is 12.1 Å². The lowest BCUT2D eigenvalue weighted by molar-refractivity contribution is -0.116. The fraction of sp³-hybridized carbons (Fsp3) is 0.308. The molecule has 0 heterocycles. The topological polar surface area (TPSA) is 17.1 Å². The largest absolute Gasteiger partial charge is 0.300 e. The van der Waals surface area contributed by atoms with E-state index in [4.69, 9.17) is 0 Å². The van der Waals surface area contributed by atoms with E-state index in [9.17, 15) is 9.18 Å². The van der Waals surface area contributed by atoms with Crippen molar-refractivity contribution >= 4 is 5.78 Å². The summed E-state index contributed by atoms with van der Waals surface area (Å²) in [5.41, 5.74) is 1.11. The zero-order valence-corrected chi connectivity index (χ0v) is 8.87. The number of aryl methyl sites for hydroxylation is 1. The second-order valence-corrected chi connectivity index (χ2v) is 3.54. The quantitative estimate of drug-likeness (QED) is 0.675. The molecule has 0 bridgehead atoms. The highest BCUT2D eigenvalue weighted by Crippen LogP contribution is 2.05. The first-order valence-corrected chi connectivity index (χ1v) is 5.07. The summed E-state index contributed by atoms with van der Waals surface area (Å²) in [6, 6.07) is 6.51. The Kier molecular flexibility index (Phi) is 4.75. The van der Waals surface area contributed by atoms with E-state index in [1.54, 1.807) is 19.1 Å². The standard InChI is InChI=1S/C13H15FO/c1-11(15)5-3-2-4-6-12-7-9-13(14)10-8-12/h2-3,7-10H,4-6H2,1H3/b3-2+. The van der Waals surface area contributed by atoms with Crippen molar-refractivity contribution in [2.75, 3.05) is 0 Å². The molecule has 0 N–H and O–H groups in total. The summed E-state index contributed by atoms with van der Waals surface area (Å²) in [6.07, 6.45) is 6.15. The van der Waals surface area contributed by atoms with E-state index in [1.807, 2.05) is 12.2 Å². The van der Waals surface area contributed by atoms with Gasteiger partial charge >= 0.3 is 0 Å². The van der Waals surface area contributed by atoms with Crippen LogP contribution in [0.4, 0.5) is 4.39 Å². The number of halogens is 1. The minimum absolute atomic E-state index is 0.174. The number of rotatable bonds is 5. The summed E-state index contributed by atoms with van der Waals surface area (Å²) in [6.45, 7) is 1.57. The van der Waals surface area contributed by atoms with Gasteiger partial charge in [0, 0.05) is 6.42 Å². The van der Waals surface area contributed by atoms with Crippen LogP contribution in [0.25, 0.3) is 0 Å². The van der Waals surface area contributed by atoms with Crippen LogP contribution in [0.5, 0.6) is 0 Å². The number of ketones is 1. The van der Waals surface area contributed by atoms with Gasteiger partial charge in [0.15, 0.2) is 0 Å². The molecule has 1 nitrogen and oxygen atoms in total. The van der Waals surface area contributed by atoms with Crippen molar-refractivity contribution in [3.63, 3.8) is 0 Å². The Bertz CT molecular complexity index is 338. The molecule has 1 aromatic rings. The second-order valence-electron chi connectivity index (χ2n) is 3.54. The molecule has 0 saturated carbocycles. The number of hydrogen-bond donors (Lipinski definition) is 0. The molecule has 0 aliphatic carbocycles. The number of allylic oxidation sites excluding steroid dienone is 2. The number of carbonyl (C=O) groups excluding carboxylic acids is 1. The summed E-state index contributed by atoms with van der Waals surface area (Å²) in [7, 11) is 0. The van der Waals surface area contributed by atoms with Crippen molar-refractivity contribution in [3.05, 3.63) is 47.8 Å². The Hall–Kier alpha value is -1.44. The molecule has 0 fully saturated rings. The predicted octanol–water partition coefficient (Wildman–Crippen LogP) is 3.29. The van der Waals surface area contributed by atoms with Gasteiger partial charge in [-0.05, 0) is 37.5 Å². The van der Waals surface area contributed by atoms with Gasteiger partial charge in [-0.1, -0.05) is 24.3 Å². The van der Waals surface area contributed by atoms with Crippen molar-refractivity contribution in [1.82, 2.24) is 0 Å². The van der Waals surface area contributed by atoms with Crippen molar-refractivity contribution in [2.24, 2.45) is 0 Å². The average molecular weight is 206 g/mol. The average Bonchev–Trinajstić information content (AvgIpc) is 2.20. The van der Waals surface area contributed by atoms with Gasteiger partial charge in [0.2, 0.25) is 0 Å². The van der Waals surface area contributed by atoms with Crippen molar-refractivity contribution in [3.8, 4) is 0 Å². The summed E-state index contributed by atoms with van der Waals surface area (Å²) in [4.78, 5) is 10.6. The molecule has 0 atom stereocenters. The Balaban J connectivity index is 2.28. The highest BCUT2D eigenvalue weighted by Gasteiger charge is 1.92. The van der Waals surface area contributed by atoms with E-state index in [-0.39, 0.29) is 11.6 Å². The Morgan fingerprint density at radius 3 is 2.53 bits per heavy atom. The van der Waals surface area contributed by atoms with Crippen LogP contribution in [0.1, 0.15) is 25.3 Å². The monoisotopic (exact) mass is 206 g/mol. The first-order valence-electron chi connectivity index (χ1n) is 5.07. The van der Waals surface area contributed by atoms with E-state index in [2.05, 4.69) is 0 Å². The van der Waals surface area contributed by atoms with E-state index in [0.717, 1.165) is 18.4 Å². The maximum absolute atomic E-state index is 12.6. The van der Waals surface area contributed by atoms with Gasteiger partial charge in [-0.2, -0.15) is 0 Å². The summed E-state index contributed by atoms with van der Waals surface area (Å²) >= 11 is 0. The highest BCUT2D eigenvalue weighted by atomic mass is 19.1. The van der Waals surface area contributed by atoms with E-state index < -0.39 is 0 Å². The molecule has 0 saturated heterocycles. The van der Waals surface area contributed by atoms with E-state index in [0.29, 0.717) is 6.42 Å². The molecule has 0 spiro atoms. The molecule has 1 aromatic carbocycles. The summed E-state index contributed by atoms with van der Waals surface area (Å²) in [5.74, 6) is -0.0288. The zero-order chi connectivity index (χ0) is 11.1. The van der Waals surface area contributed by atoms with Crippen molar-refractivity contribution in [1.29, 1.82) is 0 Å². The molecular weight excluding hydrogens is 191 g/mol. The van der Waals surface area contributed by atoms with Gasteiger partial charge in [0.05, 0.1) is 0 Å². The number of hydrogen-bond acceptors (Lipinski definition) is 1. The van der Waals surface area contributed by atoms with Crippen LogP contribution in [-0.2, 0) is 11.2 Å². The van der Waals surface area contributed by atoms with Crippen molar-refractivity contribution < 1.29 is 9.18 Å². The first kappa shape index (κ1) is 11.6. The van der Waals surface area contributed by atoms with Gasteiger partial charge in [-0.25, -0.2) is 4.39 Å². The second kappa shape index (κ2) is 6.12. The number of Topliss-reactive ketones (excluding diaryl/α,β-unsaturated/α-hetero) is 1. The van der Waals surface area contributed by atoms with Gasteiger partial charge < -0.3 is 0 Å².